The zero-order valence-electron chi connectivity index (χ0n) is 30.4. The van der Waals surface area contributed by atoms with Gasteiger partial charge in [-0.2, -0.15) is 0 Å². The van der Waals surface area contributed by atoms with E-state index >= 15 is 0 Å². The van der Waals surface area contributed by atoms with Gasteiger partial charge in [-0.25, -0.2) is 9.37 Å². The Bertz CT molecular complexity index is 1970. The van der Waals surface area contributed by atoms with E-state index in [0.29, 0.717) is 48.0 Å². The van der Waals surface area contributed by atoms with E-state index in [0.717, 1.165) is 48.5 Å². The maximum absolute atomic E-state index is 13.4. The van der Waals surface area contributed by atoms with Crippen LogP contribution in [0, 0.1) is 12.7 Å². The van der Waals surface area contributed by atoms with Gasteiger partial charge in [-0.15, -0.1) is 0 Å². The lowest BCUT2D eigenvalue weighted by Gasteiger charge is -2.34. The first-order valence-corrected chi connectivity index (χ1v) is 18.4. The molecule has 1 aliphatic heterocycles. The highest BCUT2D eigenvalue weighted by molar-refractivity contribution is 6.32. The molecule has 0 spiro atoms. The van der Waals surface area contributed by atoms with Crippen LogP contribution in [0.5, 0.6) is 23.1 Å². The number of piperazine rings is 1. The Balaban J connectivity index is 0.923. The summed E-state index contributed by atoms with van der Waals surface area (Å²) in [5.41, 5.74) is 6.16. The third-order valence-corrected chi connectivity index (χ3v) is 9.48. The van der Waals surface area contributed by atoms with Crippen molar-refractivity contribution in [2.45, 2.75) is 46.3 Å². The molecule has 1 aliphatic rings. The lowest BCUT2D eigenvalue weighted by Crippen LogP contribution is -2.47. The van der Waals surface area contributed by atoms with E-state index in [1.54, 1.807) is 48.7 Å². The van der Waals surface area contributed by atoms with E-state index in [4.69, 9.17) is 25.8 Å². The number of hydrogen-bond donors (Lipinski definition) is 0. The van der Waals surface area contributed by atoms with Crippen molar-refractivity contribution < 1.29 is 23.4 Å². The van der Waals surface area contributed by atoms with Gasteiger partial charge in [0.1, 0.15) is 23.9 Å². The summed E-state index contributed by atoms with van der Waals surface area (Å²) in [7, 11) is 0. The molecule has 1 saturated heterocycles. The smallest absolute Gasteiger partial charge is 0.246 e. The summed E-state index contributed by atoms with van der Waals surface area (Å²) in [4.78, 5) is 21.7. The average molecular weight is 734 g/mol. The number of amides is 1. The first-order valence-electron chi connectivity index (χ1n) is 18.0. The van der Waals surface area contributed by atoms with E-state index in [1.165, 1.54) is 28.8 Å². The topological polar surface area (TPSA) is 64.1 Å². The Morgan fingerprint density at radius 2 is 1.60 bits per heavy atom. The molecule has 0 atom stereocenters. The molecule has 0 radical (unpaired) electrons. The van der Waals surface area contributed by atoms with Crippen molar-refractivity contribution in [3.05, 3.63) is 154 Å². The number of hydrogen-bond acceptors (Lipinski definition) is 6. The van der Waals surface area contributed by atoms with E-state index < -0.39 is 0 Å². The molecule has 0 aliphatic carbocycles. The number of nitrogens with zero attached hydrogens (tertiary/aromatic N) is 3. The second-order valence-corrected chi connectivity index (χ2v) is 14.0. The Labute approximate surface area is 316 Å². The number of pyridine rings is 1. The summed E-state index contributed by atoms with van der Waals surface area (Å²) >= 11 is 6.61. The van der Waals surface area contributed by atoms with Gasteiger partial charge in [-0.3, -0.25) is 9.69 Å². The standard InChI is InChI=1S/C44H45ClFN3O4/c1-31(2)37-12-14-39(15-13-37)51-24-19-33-7-9-34(10-8-33)29-48-20-22-49(23-21-48)43(50)18-11-35-25-32(3)44(41(45)27-35)53-42-17-16-40(28-47-42)52-30-36-5-4-6-38(46)26-36/h4-18,25-28,31H,19-24,29-30H2,1-3H3/b18-11+. The summed E-state index contributed by atoms with van der Waals surface area (Å²) in [6.07, 6.45) is 5.79. The number of carbonyl (C=O) groups excluding carboxylic acids is 1. The minimum atomic E-state index is -0.307. The molecule has 6 rings (SSSR count). The highest BCUT2D eigenvalue weighted by Crippen LogP contribution is 2.34. The maximum atomic E-state index is 13.4. The van der Waals surface area contributed by atoms with Crippen molar-refractivity contribution >= 4 is 23.6 Å². The van der Waals surface area contributed by atoms with E-state index in [-0.39, 0.29) is 18.3 Å². The lowest BCUT2D eigenvalue weighted by molar-refractivity contribution is -0.127. The quantitative estimate of drug-likeness (QED) is 0.106. The minimum absolute atomic E-state index is 0.0231. The summed E-state index contributed by atoms with van der Waals surface area (Å²) in [5, 5.41) is 0.410. The van der Waals surface area contributed by atoms with Crippen molar-refractivity contribution in [1.82, 2.24) is 14.8 Å². The molecule has 0 bridgehead atoms. The van der Waals surface area contributed by atoms with Crippen LogP contribution < -0.4 is 14.2 Å². The minimum Gasteiger partial charge on any atom is -0.493 e. The van der Waals surface area contributed by atoms with Crippen LogP contribution >= 0.6 is 11.6 Å². The van der Waals surface area contributed by atoms with Gasteiger partial charge in [0.2, 0.25) is 11.8 Å². The third kappa shape index (κ3) is 10.9. The maximum Gasteiger partial charge on any atom is 0.246 e. The molecule has 0 saturated carbocycles. The summed E-state index contributed by atoms with van der Waals surface area (Å²) < 4.78 is 31.1. The van der Waals surface area contributed by atoms with E-state index in [1.807, 2.05) is 30.0 Å². The van der Waals surface area contributed by atoms with Crippen molar-refractivity contribution in [2.24, 2.45) is 0 Å². The number of rotatable bonds is 14. The van der Waals surface area contributed by atoms with Gasteiger partial charge in [-0.1, -0.05) is 74.0 Å². The molecule has 274 valence electrons. The van der Waals surface area contributed by atoms with Crippen molar-refractivity contribution in [3.63, 3.8) is 0 Å². The van der Waals surface area contributed by atoms with Crippen LogP contribution in [0.1, 0.15) is 53.1 Å². The van der Waals surface area contributed by atoms with Crippen LogP contribution in [-0.2, 0) is 24.4 Å². The number of ether oxygens (including phenoxy) is 3. The number of carbonyl (C=O) groups is 1. The summed E-state index contributed by atoms with van der Waals surface area (Å²) in [6.45, 7) is 11.0. The van der Waals surface area contributed by atoms with Gasteiger partial charge in [-0.05, 0) is 94.8 Å². The molecule has 1 fully saturated rings. The molecule has 4 aromatic carbocycles. The van der Waals surface area contributed by atoms with Gasteiger partial charge >= 0.3 is 0 Å². The zero-order valence-corrected chi connectivity index (χ0v) is 31.2. The molecule has 0 N–H and O–H groups in total. The first kappa shape index (κ1) is 37.6. The number of aryl methyl sites for hydroxylation is 1. The SMILES string of the molecule is Cc1cc(/C=C/C(=O)N2CCN(Cc3ccc(CCOc4ccc(C(C)C)cc4)cc3)CC2)cc(Cl)c1Oc1ccc(OCc2cccc(F)c2)cn1. The fourth-order valence-electron chi connectivity index (χ4n) is 6.10. The molecule has 5 aromatic rings. The van der Waals surface area contributed by atoms with Gasteiger partial charge in [0.05, 0.1) is 17.8 Å². The van der Waals surface area contributed by atoms with Gasteiger partial charge in [0, 0.05) is 51.3 Å². The lowest BCUT2D eigenvalue weighted by atomic mass is 10.0. The third-order valence-electron chi connectivity index (χ3n) is 9.20. The Morgan fingerprint density at radius 3 is 2.28 bits per heavy atom. The van der Waals surface area contributed by atoms with Gasteiger partial charge in [0.25, 0.3) is 0 Å². The normalized spacial score (nSPS) is 13.4. The molecule has 0 unspecified atom stereocenters. The monoisotopic (exact) mass is 733 g/mol. The largest absolute Gasteiger partial charge is 0.493 e. The van der Waals surface area contributed by atoms with Gasteiger partial charge < -0.3 is 19.1 Å². The number of aromatic nitrogens is 1. The molecule has 1 amide bonds. The second kappa shape index (κ2) is 18.0. The highest BCUT2D eigenvalue weighted by Gasteiger charge is 2.20. The molecule has 2 heterocycles. The molecular weight excluding hydrogens is 689 g/mol. The molecule has 7 nitrogen and oxygen atoms in total. The number of halogens is 2. The number of benzene rings is 4. The van der Waals surface area contributed by atoms with Crippen LogP contribution in [-0.4, -0.2) is 53.5 Å². The Morgan fingerprint density at radius 1 is 0.868 bits per heavy atom. The first-order chi connectivity index (χ1) is 25.7. The van der Waals surface area contributed by atoms with Gasteiger partial charge in [0.15, 0.2) is 5.75 Å². The molecule has 1 aromatic heterocycles. The van der Waals surface area contributed by atoms with Crippen molar-refractivity contribution in [1.29, 1.82) is 0 Å². The summed E-state index contributed by atoms with van der Waals surface area (Å²) in [5.74, 6) is 2.46. The van der Waals surface area contributed by atoms with Crippen molar-refractivity contribution in [2.75, 3.05) is 32.8 Å². The Hall–Kier alpha value is -5.18. The Kier molecular flexibility index (Phi) is 12.8. The van der Waals surface area contributed by atoms with Crippen LogP contribution in [0.25, 0.3) is 6.08 Å². The zero-order chi connectivity index (χ0) is 37.2. The van der Waals surface area contributed by atoms with Crippen LogP contribution in [0.2, 0.25) is 5.02 Å². The predicted molar refractivity (Wildman–Crippen MR) is 208 cm³/mol. The highest BCUT2D eigenvalue weighted by atomic mass is 35.5. The predicted octanol–water partition coefficient (Wildman–Crippen LogP) is 9.66. The van der Waals surface area contributed by atoms with Crippen molar-refractivity contribution in [3.8, 4) is 23.1 Å². The molecule has 9 heteroatoms. The van der Waals surface area contributed by atoms with Crippen LogP contribution in [0.3, 0.4) is 0 Å². The molecular formula is C44H45ClFN3O4. The fraction of sp³-hybridized carbons (Fsp3) is 0.273. The average Bonchev–Trinajstić information content (AvgIpc) is 3.16. The summed E-state index contributed by atoms with van der Waals surface area (Å²) in [6, 6.07) is 30.5. The fourth-order valence-corrected chi connectivity index (χ4v) is 6.41. The molecule has 53 heavy (non-hydrogen) atoms. The van der Waals surface area contributed by atoms with E-state index in [2.05, 4.69) is 60.1 Å². The van der Waals surface area contributed by atoms with Crippen LogP contribution in [0.4, 0.5) is 4.39 Å². The van der Waals surface area contributed by atoms with Crippen LogP contribution in [0.15, 0.2) is 109 Å². The second-order valence-electron chi connectivity index (χ2n) is 13.6. The van der Waals surface area contributed by atoms with E-state index in [9.17, 15) is 9.18 Å².